The topological polar surface area (TPSA) is 86.6 Å². The minimum absolute atomic E-state index is 0.0272. The Morgan fingerprint density at radius 1 is 1.23 bits per heavy atom. The third-order valence-electron chi connectivity index (χ3n) is 5.98. The summed E-state index contributed by atoms with van der Waals surface area (Å²) in [7, 11) is 1.57. The molecule has 1 aliphatic carbocycles. The van der Waals surface area contributed by atoms with E-state index >= 15 is 0 Å². The van der Waals surface area contributed by atoms with Crippen molar-refractivity contribution in [3.8, 4) is 11.4 Å². The van der Waals surface area contributed by atoms with Gasteiger partial charge < -0.3 is 14.8 Å². The average Bonchev–Trinajstić information content (AvgIpc) is 3.25. The monoisotopic (exact) mass is 424 g/mol. The van der Waals surface area contributed by atoms with Crippen LogP contribution in [0.15, 0.2) is 35.1 Å². The highest BCUT2D eigenvalue weighted by atomic mass is 16.5. The van der Waals surface area contributed by atoms with E-state index in [0.717, 1.165) is 12.8 Å². The van der Waals surface area contributed by atoms with E-state index in [0.29, 0.717) is 48.7 Å². The van der Waals surface area contributed by atoms with Crippen molar-refractivity contribution in [2.75, 3.05) is 20.3 Å². The highest BCUT2D eigenvalue weighted by molar-refractivity contribution is 6.02. The van der Waals surface area contributed by atoms with Gasteiger partial charge in [-0.15, -0.1) is 0 Å². The molecule has 1 unspecified atom stereocenters. The first-order chi connectivity index (χ1) is 14.8. The van der Waals surface area contributed by atoms with Gasteiger partial charge in [-0.2, -0.15) is 0 Å². The SMILES string of the molecule is COc1ccc(-n2c3c(cc(C(=O)NCC4CCCO4)c2=O)C(=O)CC(C)(C)C3)cc1. The van der Waals surface area contributed by atoms with E-state index in [1.165, 1.54) is 10.6 Å². The predicted molar refractivity (Wildman–Crippen MR) is 116 cm³/mol. The molecule has 0 radical (unpaired) electrons. The molecule has 1 saturated heterocycles. The van der Waals surface area contributed by atoms with Crippen LogP contribution in [0.1, 0.15) is 59.5 Å². The highest BCUT2D eigenvalue weighted by Gasteiger charge is 2.35. The summed E-state index contributed by atoms with van der Waals surface area (Å²) in [6, 6.07) is 8.52. The number of fused-ring (bicyclic) bond motifs is 1. The molecule has 0 spiro atoms. The smallest absolute Gasteiger partial charge is 0.268 e. The normalized spacial score (nSPS) is 19.7. The molecule has 164 valence electrons. The zero-order valence-corrected chi connectivity index (χ0v) is 18.2. The number of benzene rings is 1. The molecule has 2 heterocycles. The second-order valence-corrected chi connectivity index (χ2v) is 9.04. The van der Waals surface area contributed by atoms with Gasteiger partial charge in [-0.05, 0) is 55.0 Å². The maximum atomic E-state index is 13.5. The largest absolute Gasteiger partial charge is 0.497 e. The number of methoxy groups -OCH3 is 1. The minimum atomic E-state index is -0.483. The van der Waals surface area contributed by atoms with Crippen LogP contribution in [-0.4, -0.2) is 42.6 Å². The Morgan fingerprint density at radius 3 is 2.61 bits per heavy atom. The van der Waals surface area contributed by atoms with Crippen LogP contribution in [0.5, 0.6) is 5.75 Å². The molecule has 7 heteroatoms. The van der Waals surface area contributed by atoms with E-state index in [1.807, 2.05) is 13.8 Å². The number of nitrogens with one attached hydrogen (secondary N) is 1. The number of carbonyl (C=O) groups excluding carboxylic acids is 2. The molecule has 1 aromatic carbocycles. The molecule has 1 N–H and O–H groups in total. The quantitative estimate of drug-likeness (QED) is 0.798. The van der Waals surface area contributed by atoms with E-state index in [1.54, 1.807) is 31.4 Å². The Kier molecular flexibility index (Phi) is 5.71. The third kappa shape index (κ3) is 4.28. The number of ketones is 1. The number of hydrogen-bond acceptors (Lipinski definition) is 5. The van der Waals surface area contributed by atoms with Crippen molar-refractivity contribution in [3.63, 3.8) is 0 Å². The highest BCUT2D eigenvalue weighted by Crippen LogP contribution is 2.35. The van der Waals surface area contributed by atoms with Crippen LogP contribution < -0.4 is 15.6 Å². The molecular formula is C24H28N2O5. The number of carbonyl (C=O) groups is 2. The van der Waals surface area contributed by atoms with Gasteiger partial charge in [0.25, 0.3) is 11.5 Å². The Morgan fingerprint density at radius 2 is 1.97 bits per heavy atom. The lowest BCUT2D eigenvalue weighted by Gasteiger charge is -2.32. The maximum absolute atomic E-state index is 13.5. The van der Waals surface area contributed by atoms with Gasteiger partial charge in [0.2, 0.25) is 0 Å². The average molecular weight is 424 g/mol. The van der Waals surface area contributed by atoms with Gasteiger partial charge in [0, 0.05) is 36.5 Å². The summed E-state index contributed by atoms with van der Waals surface area (Å²) in [6.45, 7) is 5.06. The molecule has 2 aliphatic rings. The summed E-state index contributed by atoms with van der Waals surface area (Å²) in [6.07, 6.45) is 2.75. The van der Waals surface area contributed by atoms with E-state index in [4.69, 9.17) is 9.47 Å². The van der Waals surface area contributed by atoms with Crippen molar-refractivity contribution in [2.24, 2.45) is 5.41 Å². The number of nitrogens with zero attached hydrogens (tertiary/aromatic N) is 1. The number of aromatic nitrogens is 1. The van der Waals surface area contributed by atoms with Gasteiger partial charge in [-0.3, -0.25) is 19.0 Å². The third-order valence-corrected chi connectivity index (χ3v) is 5.98. The van der Waals surface area contributed by atoms with Crippen LogP contribution in [0.3, 0.4) is 0 Å². The summed E-state index contributed by atoms with van der Waals surface area (Å²) >= 11 is 0. The number of ether oxygens (including phenoxy) is 2. The molecule has 1 amide bonds. The lowest BCUT2D eigenvalue weighted by Crippen LogP contribution is -2.40. The fraction of sp³-hybridized carbons (Fsp3) is 0.458. The first-order valence-corrected chi connectivity index (χ1v) is 10.7. The molecule has 0 bridgehead atoms. The summed E-state index contributed by atoms with van der Waals surface area (Å²) < 4.78 is 12.3. The zero-order valence-electron chi connectivity index (χ0n) is 18.2. The summed E-state index contributed by atoms with van der Waals surface area (Å²) in [5.74, 6) is 0.123. The van der Waals surface area contributed by atoms with E-state index in [9.17, 15) is 14.4 Å². The Balaban J connectivity index is 1.80. The maximum Gasteiger partial charge on any atom is 0.268 e. The molecule has 1 aromatic heterocycles. The van der Waals surface area contributed by atoms with Crippen LogP contribution >= 0.6 is 0 Å². The van der Waals surface area contributed by atoms with Crippen LogP contribution in [-0.2, 0) is 11.2 Å². The fourth-order valence-corrected chi connectivity index (χ4v) is 4.39. The van der Waals surface area contributed by atoms with Crippen LogP contribution in [0, 0.1) is 5.41 Å². The van der Waals surface area contributed by atoms with Crippen molar-refractivity contribution in [2.45, 2.75) is 45.6 Å². The van der Waals surface area contributed by atoms with Gasteiger partial charge >= 0.3 is 0 Å². The number of Topliss-reactive ketones (excluding diaryl/α,β-unsaturated/α-hetero) is 1. The van der Waals surface area contributed by atoms with Crippen molar-refractivity contribution in [1.29, 1.82) is 0 Å². The van der Waals surface area contributed by atoms with E-state index in [-0.39, 0.29) is 22.9 Å². The lowest BCUT2D eigenvalue weighted by molar-refractivity contribution is 0.0856. The van der Waals surface area contributed by atoms with Crippen LogP contribution in [0.4, 0.5) is 0 Å². The summed E-state index contributed by atoms with van der Waals surface area (Å²) in [4.78, 5) is 39.3. The zero-order chi connectivity index (χ0) is 22.2. The Hall–Kier alpha value is -2.93. The Labute approximate surface area is 181 Å². The molecule has 1 atom stereocenters. The minimum Gasteiger partial charge on any atom is -0.497 e. The lowest BCUT2D eigenvalue weighted by atomic mass is 9.75. The first kappa shape index (κ1) is 21.3. The second-order valence-electron chi connectivity index (χ2n) is 9.04. The molecule has 2 aromatic rings. The standard InChI is InChI=1S/C24H28N2O5/c1-24(2)12-20-18(21(27)13-24)11-19(22(28)25-14-17-5-4-10-31-17)23(29)26(20)15-6-8-16(30-3)9-7-15/h6-9,11,17H,4-5,10,12-14H2,1-3H3,(H,25,28). The first-order valence-electron chi connectivity index (χ1n) is 10.7. The van der Waals surface area contributed by atoms with Gasteiger partial charge in [0.05, 0.1) is 13.2 Å². The number of rotatable bonds is 5. The molecule has 1 fully saturated rings. The second kappa shape index (κ2) is 8.30. The van der Waals surface area contributed by atoms with E-state index < -0.39 is 11.5 Å². The molecule has 0 saturated carbocycles. The number of amides is 1. The van der Waals surface area contributed by atoms with Crippen molar-refractivity contribution in [3.05, 3.63) is 57.5 Å². The Bertz CT molecular complexity index is 1060. The molecule has 4 rings (SSSR count). The van der Waals surface area contributed by atoms with Crippen molar-refractivity contribution < 1.29 is 19.1 Å². The molecule has 1 aliphatic heterocycles. The van der Waals surface area contributed by atoms with Gasteiger partial charge in [-0.25, -0.2) is 0 Å². The van der Waals surface area contributed by atoms with Crippen LogP contribution in [0.25, 0.3) is 5.69 Å². The summed E-state index contributed by atoms with van der Waals surface area (Å²) in [5.41, 5.74) is 0.958. The van der Waals surface area contributed by atoms with Crippen molar-refractivity contribution >= 4 is 11.7 Å². The summed E-state index contributed by atoms with van der Waals surface area (Å²) in [5, 5.41) is 2.81. The van der Waals surface area contributed by atoms with Crippen molar-refractivity contribution in [1.82, 2.24) is 9.88 Å². The van der Waals surface area contributed by atoms with Crippen LogP contribution in [0.2, 0.25) is 0 Å². The number of pyridine rings is 1. The molecular weight excluding hydrogens is 396 g/mol. The van der Waals surface area contributed by atoms with Gasteiger partial charge in [0.15, 0.2) is 5.78 Å². The van der Waals surface area contributed by atoms with Gasteiger partial charge in [-0.1, -0.05) is 13.8 Å². The molecule has 31 heavy (non-hydrogen) atoms. The predicted octanol–water partition coefficient (Wildman–Crippen LogP) is 2.91. The fourth-order valence-electron chi connectivity index (χ4n) is 4.39. The molecule has 7 nitrogen and oxygen atoms in total. The van der Waals surface area contributed by atoms with Gasteiger partial charge in [0.1, 0.15) is 11.3 Å². The van der Waals surface area contributed by atoms with E-state index in [2.05, 4.69) is 5.32 Å². The number of hydrogen-bond donors (Lipinski definition) is 1.